The number of rotatable bonds is 6. The van der Waals surface area contributed by atoms with Crippen molar-refractivity contribution in [1.82, 2.24) is 20.5 Å². The molecule has 7 heteroatoms. The van der Waals surface area contributed by atoms with Crippen molar-refractivity contribution < 1.29 is 9.53 Å². The molecular formula is C27H21ClN4O2. The van der Waals surface area contributed by atoms with Gasteiger partial charge in [0.2, 0.25) is 0 Å². The molecule has 0 fully saturated rings. The second-order valence-electron chi connectivity index (χ2n) is 7.76. The first kappa shape index (κ1) is 21.7. The van der Waals surface area contributed by atoms with Crippen LogP contribution in [0.3, 0.4) is 0 Å². The molecule has 3 aromatic carbocycles. The van der Waals surface area contributed by atoms with Crippen LogP contribution in [0.5, 0.6) is 5.75 Å². The highest BCUT2D eigenvalue weighted by atomic mass is 35.5. The van der Waals surface area contributed by atoms with Crippen LogP contribution in [0.2, 0.25) is 5.02 Å². The van der Waals surface area contributed by atoms with Crippen LogP contribution in [0.15, 0.2) is 84.9 Å². The number of halogens is 1. The number of aromatic amines is 1. The average Bonchev–Trinajstić information content (AvgIpc) is 3.32. The van der Waals surface area contributed by atoms with E-state index in [-0.39, 0.29) is 5.91 Å². The Balaban J connectivity index is 1.56. The Morgan fingerprint density at radius 3 is 2.41 bits per heavy atom. The number of hydrogen-bond donors (Lipinski definition) is 2. The molecule has 0 aliphatic rings. The minimum atomic E-state index is -0.211. The van der Waals surface area contributed by atoms with Gasteiger partial charge in [-0.25, -0.2) is 4.98 Å². The molecule has 1 amide bonds. The first-order valence-corrected chi connectivity index (χ1v) is 11.1. The molecule has 34 heavy (non-hydrogen) atoms. The number of amides is 1. The summed E-state index contributed by atoms with van der Waals surface area (Å²) >= 11 is 6.06. The smallest absolute Gasteiger partial charge is 0.252 e. The zero-order valence-corrected chi connectivity index (χ0v) is 19.1. The SMILES string of the molecule is COc1ccc(CNC(=O)c2cc(-c3ccc(Cl)cc3)nc3n[nH]c(-c4ccccc4)c23)cc1. The highest BCUT2D eigenvalue weighted by Crippen LogP contribution is 2.31. The summed E-state index contributed by atoms with van der Waals surface area (Å²) in [6, 6.07) is 26.5. The molecule has 6 nitrogen and oxygen atoms in total. The van der Waals surface area contributed by atoms with E-state index in [1.807, 2.05) is 66.7 Å². The van der Waals surface area contributed by atoms with Crippen LogP contribution in [-0.4, -0.2) is 28.2 Å². The van der Waals surface area contributed by atoms with E-state index < -0.39 is 0 Å². The van der Waals surface area contributed by atoms with Crippen molar-refractivity contribution in [3.8, 4) is 28.3 Å². The van der Waals surface area contributed by atoms with E-state index in [4.69, 9.17) is 21.3 Å². The molecule has 0 aliphatic carbocycles. The fourth-order valence-corrected chi connectivity index (χ4v) is 3.93. The van der Waals surface area contributed by atoms with Crippen molar-refractivity contribution in [1.29, 1.82) is 0 Å². The molecule has 0 saturated heterocycles. The number of hydrogen-bond acceptors (Lipinski definition) is 4. The summed E-state index contributed by atoms with van der Waals surface area (Å²) in [7, 11) is 1.62. The second-order valence-corrected chi connectivity index (χ2v) is 8.19. The molecule has 0 unspecified atom stereocenters. The van der Waals surface area contributed by atoms with E-state index in [0.29, 0.717) is 33.9 Å². The maximum atomic E-state index is 13.4. The van der Waals surface area contributed by atoms with Crippen LogP contribution in [0.4, 0.5) is 0 Å². The number of carbonyl (C=O) groups is 1. The summed E-state index contributed by atoms with van der Waals surface area (Å²) in [6.45, 7) is 0.376. The van der Waals surface area contributed by atoms with Gasteiger partial charge in [0.1, 0.15) is 5.75 Å². The third kappa shape index (κ3) is 4.36. The molecule has 168 valence electrons. The molecule has 0 atom stereocenters. The zero-order chi connectivity index (χ0) is 23.5. The Kier molecular flexibility index (Phi) is 5.97. The van der Waals surface area contributed by atoms with Gasteiger partial charge in [0.15, 0.2) is 5.65 Å². The fourth-order valence-electron chi connectivity index (χ4n) is 3.81. The molecular weight excluding hydrogens is 448 g/mol. The number of fused-ring (bicyclic) bond motifs is 1. The van der Waals surface area contributed by atoms with Crippen molar-refractivity contribution in [2.24, 2.45) is 0 Å². The summed E-state index contributed by atoms with van der Waals surface area (Å²) in [5, 5.41) is 11.8. The highest BCUT2D eigenvalue weighted by molar-refractivity contribution is 6.30. The number of methoxy groups -OCH3 is 1. The van der Waals surface area contributed by atoms with E-state index in [2.05, 4.69) is 15.5 Å². The molecule has 2 N–H and O–H groups in total. The van der Waals surface area contributed by atoms with Crippen molar-refractivity contribution >= 4 is 28.5 Å². The van der Waals surface area contributed by atoms with Crippen molar-refractivity contribution in [2.45, 2.75) is 6.54 Å². The predicted octanol–water partition coefficient (Wildman–Crippen LogP) is 5.88. The quantitative estimate of drug-likeness (QED) is 0.326. The van der Waals surface area contributed by atoms with Gasteiger partial charge < -0.3 is 10.1 Å². The van der Waals surface area contributed by atoms with Crippen LogP contribution in [-0.2, 0) is 6.54 Å². The van der Waals surface area contributed by atoms with Gasteiger partial charge in [-0.3, -0.25) is 9.89 Å². The molecule has 0 spiro atoms. The number of ether oxygens (including phenoxy) is 1. The number of benzene rings is 3. The standard InChI is InChI=1S/C27H21ClN4O2/c1-34-21-13-7-17(8-14-21)16-29-27(33)22-15-23(18-9-11-20(28)12-10-18)30-26-24(22)25(31-32-26)19-5-3-2-4-6-19/h2-15H,16H2,1H3,(H,29,33)(H,30,31,32). The number of carbonyl (C=O) groups excluding carboxylic acids is 1. The van der Waals surface area contributed by atoms with Crippen LogP contribution in [0.25, 0.3) is 33.5 Å². The Morgan fingerprint density at radius 2 is 1.71 bits per heavy atom. The molecule has 0 radical (unpaired) electrons. The van der Waals surface area contributed by atoms with Gasteiger partial charge in [0.05, 0.1) is 29.4 Å². The maximum absolute atomic E-state index is 13.4. The van der Waals surface area contributed by atoms with Crippen molar-refractivity contribution in [3.05, 3.63) is 101 Å². The van der Waals surface area contributed by atoms with Crippen molar-refractivity contribution in [3.63, 3.8) is 0 Å². The van der Waals surface area contributed by atoms with E-state index in [9.17, 15) is 4.79 Å². The third-order valence-electron chi connectivity index (χ3n) is 5.58. The van der Waals surface area contributed by atoms with E-state index >= 15 is 0 Å². The largest absolute Gasteiger partial charge is 0.497 e. The highest BCUT2D eigenvalue weighted by Gasteiger charge is 2.20. The third-order valence-corrected chi connectivity index (χ3v) is 5.84. The van der Waals surface area contributed by atoms with E-state index in [1.54, 1.807) is 25.3 Å². The lowest BCUT2D eigenvalue weighted by Crippen LogP contribution is -2.23. The van der Waals surface area contributed by atoms with Crippen LogP contribution in [0.1, 0.15) is 15.9 Å². The first-order chi connectivity index (χ1) is 16.6. The van der Waals surface area contributed by atoms with Crippen LogP contribution in [0, 0.1) is 0 Å². The first-order valence-electron chi connectivity index (χ1n) is 10.7. The topological polar surface area (TPSA) is 79.9 Å². The van der Waals surface area contributed by atoms with Gasteiger partial charge in [-0.05, 0) is 35.9 Å². The molecule has 0 aliphatic heterocycles. The maximum Gasteiger partial charge on any atom is 0.252 e. The van der Waals surface area contributed by atoms with Gasteiger partial charge in [0, 0.05) is 22.7 Å². The van der Waals surface area contributed by atoms with Gasteiger partial charge >= 0.3 is 0 Å². The second kappa shape index (κ2) is 9.37. The molecule has 5 aromatic rings. The van der Waals surface area contributed by atoms with Crippen molar-refractivity contribution in [2.75, 3.05) is 7.11 Å². The summed E-state index contributed by atoms with van der Waals surface area (Å²) in [6.07, 6.45) is 0. The minimum absolute atomic E-state index is 0.211. The predicted molar refractivity (Wildman–Crippen MR) is 134 cm³/mol. The number of H-pyrrole nitrogens is 1. The summed E-state index contributed by atoms with van der Waals surface area (Å²) < 4.78 is 5.21. The normalized spacial score (nSPS) is 10.9. The summed E-state index contributed by atoms with van der Waals surface area (Å²) in [5.74, 6) is 0.557. The monoisotopic (exact) mass is 468 g/mol. The lowest BCUT2D eigenvalue weighted by Gasteiger charge is -2.10. The Hall–Kier alpha value is -4.16. The van der Waals surface area contributed by atoms with Crippen LogP contribution >= 0.6 is 11.6 Å². The molecule has 2 aromatic heterocycles. The van der Waals surface area contributed by atoms with Gasteiger partial charge in [-0.2, -0.15) is 5.10 Å². The Labute approximate surface area is 201 Å². The Bertz CT molecular complexity index is 1450. The molecule has 0 bridgehead atoms. The molecule has 0 saturated carbocycles. The summed E-state index contributed by atoms with van der Waals surface area (Å²) in [4.78, 5) is 18.2. The summed E-state index contributed by atoms with van der Waals surface area (Å²) in [5.41, 5.74) is 5.10. The lowest BCUT2D eigenvalue weighted by molar-refractivity contribution is 0.0952. The fraction of sp³-hybridized carbons (Fsp3) is 0.0741. The average molecular weight is 469 g/mol. The Morgan fingerprint density at radius 1 is 0.971 bits per heavy atom. The van der Waals surface area contributed by atoms with Crippen LogP contribution < -0.4 is 10.1 Å². The number of nitrogens with zero attached hydrogens (tertiary/aromatic N) is 2. The molecule has 5 rings (SSSR count). The van der Waals surface area contributed by atoms with Gasteiger partial charge in [-0.1, -0.05) is 66.2 Å². The number of nitrogens with one attached hydrogen (secondary N) is 2. The minimum Gasteiger partial charge on any atom is -0.497 e. The number of aromatic nitrogens is 3. The lowest BCUT2D eigenvalue weighted by atomic mass is 10.0. The van der Waals surface area contributed by atoms with E-state index in [0.717, 1.165) is 28.1 Å². The molecule has 2 heterocycles. The van der Waals surface area contributed by atoms with E-state index in [1.165, 1.54) is 0 Å². The zero-order valence-electron chi connectivity index (χ0n) is 18.4. The van der Waals surface area contributed by atoms with Gasteiger partial charge in [-0.15, -0.1) is 0 Å². The van der Waals surface area contributed by atoms with Gasteiger partial charge in [0.25, 0.3) is 5.91 Å². The number of pyridine rings is 1.